The Morgan fingerprint density at radius 2 is 2.33 bits per heavy atom. The lowest BCUT2D eigenvalue weighted by atomic mass is 10.1. The highest BCUT2D eigenvalue weighted by Crippen LogP contribution is 2.24. The van der Waals surface area contributed by atoms with Crippen LogP contribution in [0.5, 0.6) is 0 Å². The summed E-state index contributed by atoms with van der Waals surface area (Å²) >= 11 is 0. The van der Waals surface area contributed by atoms with Crippen molar-refractivity contribution >= 4 is 5.82 Å². The van der Waals surface area contributed by atoms with Crippen molar-refractivity contribution in [3.63, 3.8) is 0 Å². The number of ether oxygens (including phenoxy) is 1. The Morgan fingerprint density at radius 3 is 3.14 bits per heavy atom. The van der Waals surface area contributed by atoms with Gasteiger partial charge in [-0.25, -0.2) is 9.97 Å². The smallest absolute Gasteiger partial charge is 0.129 e. The first-order valence-electron chi connectivity index (χ1n) is 7.44. The van der Waals surface area contributed by atoms with Crippen molar-refractivity contribution in [2.24, 2.45) is 0 Å². The summed E-state index contributed by atoms with van der Waals surface area (Å²) in [7, 11) is 0. The zero-order chi connectivity index (χ0) is 14.3. The van der Waals surface area contributed by atoms with Gasteiger partial charge >= 0.3 is 0 Å². The second-order valence-corrected chi connectivity index (χ2v) is 5.28. The van der Waals surface area contributed by atoms with E-state index in [1.807, 2.05) is 18.3 Å². The highest BCUT2D eigenvalue weighted by molar-refractivity contribution is 5.35. The molecule has 0 radical (unpaired) electrons. The van der Waals surface area contributed by atoms with Gasteiger partial charge in [0.05, 0.1) is 12.3 Å². The number of nitrogens with zero attached hydrogens (tertiary/aromatic N) is 3. The molecule has 21 heavy (non-hydrogen) atoms. The second kappa shape index (κ2) is 7.13. The fourth-order valence-corrected chi connectivity index (χ4v) is 2.52. The van der Waals surface area contributed by atoms with Gasteiger partial charge in [-0.15, -0.1) is 0 Å². The van der Waals surface area contributed by atoms with Gasteiger partial charge in [-0.3, -0.25) is 4.98 Å². The van der Waals surface area contributed by atoms with Gasteiger partial charge in [0.1, 0.15) is 12.1 Å². The van der Waals surface area contributed by atoms with Gasteiger partial charge in [-0.05, 0) is 30.9 Å². The quantitative estimate of drug-likeness (QED) is 0.825. The van der Waals surface area contributed by atoms with Gasteiger partial charge in [0.2, 0.25) is 0 Å². The van der Waals surface area contributed by atoms with E-state index in [2.05, 4.69) is 26.3 Å². The van der Waals surface area contributed by atoms with E-state index in [0.717, 1.165) is 50.5 Å². The van der Waals surface area contributed by atoms with Crippen LogP contribution in [-0.4, -0.2) is 34.7 Å². The van der Waals surface area contributed by atoms with Gasteiger partial charge in [0.15, 0.2) is 0 Å². The van der Waals surface area contributed by atoms with Crippen LogP contribution in [0.4, 0.5) is 5.82 Å². The van der Waals surface area contributed by atoms with Crippen molar-refractivity contribution in [1.82, 2.24) is 15.0 Å². The Labute approximate surface area is 124 Å². The predicted molar refractivity (Wildman–Crippen MR) is 81.3 cm³/mol. The number of anilines is 1. The number of nitrogens with one attached hydrogen (secondary N) is 1. The molecule has 3 rings (SSSR count). The summed E-state index contributed by atoms with van der Waals surface area (Å²) in [4.78, 5) is 12.8. The molecule has 0 amide bonds. The maximum atomic E-state index is 5.41. The third-order valence-electron chi connectivity index (χ3n) is 3.71. The molecule has 0 bridgehead atoms. The minimum Gasteiger partial charge on any atom is -0.381 e. The largest absolute Gasteiger partial charge is 0.381 e. The van der Waals surface area contributed by atoms with E-state index < -0.39 is 0 Å². The summed E-state index contributed by atoms with van der Waals surface area (Å²) in [5.41, 5.74) is 2.35. The van der Waals surface area contributed by atoms with E-state index in [9.17, 15) is 0 Å². The third-order valence-corrected chi connectivity index (χ3v) is 3.71. The Kier molecular flexibility index (Phi) is 4.74. The van der Waals surface area contributed by atoms with E-state index in [-0.39, 0.29) is 0 Å². The molecule has 1 saturated heterocycles. The summed E-state index contributed by atoms with van der Waals surface area (Å²) in [6.45, 7) is 2.51. The average molecular weight is 284 g/mol. The van der Waals surface area contributed by atoms with Crippen LogP contribution >= 0.6 is 0 Å². The van der Waals surface area contributed by atoms with E-state index in [1.165, 1.54) is 5.56 Å². The number of aryl methyl sites for hydroxylation is 1. The van der Waals surface area contributed by atoms with Gasteiger partial charge in [0.25, 0.3) is 0 Å². The number of pyridine rings is 1. The molecule has 3 heterocycles. The number of hydrogen-bond donors (Lipinski definition) is 1. The van der Waals surface area contributed by atoms with Crippen molar-refractivity contribution < 1.29 is 4.74 Å². The first-order chi connectivity index (χ1) is 10.4. The summed E-state index contributed by atoms with van der Waals surface area (Å²) in [5.74, 6) is 1.32. The number of rotatable bonds is 6. The number of hydrogen-bond acceptors (Lipinski definition) is 5. The molecule has 1 aliphatic heterocycles. The van der Waals surface area contributed by atoms with Gasteiger partial charge < -0.3 is 10.1 Å². The summed E-state index contributed by atoms with van der Waals surface area (Å²) in [5, 5.41) is 3.37. The van der Waals surface area contributed by atoms with E-state index in [4.69, 9.17) is 4.74 Å². The van der Waals surface area contributed by atoms with Crippen molar-refractivity contribution in [2.75, 3.05) is 25.1 Å². The zero-order valence-corrected chi connectivity index (χ0v) is 12.0. The second-order valence-electron chi connectivity index (χ2n) is 5.28. The molecule has 1 atom stereocenters. The molecule has 0 saturated carbocycles. The lowest BCUT2D eigenvalue weighted by molar-refractivity contribution is 0.193. The first-order valence-corrected chi connectivity index (χ1v) is 7.44. The molecular formula is C16H20N4O. The number of aromatic nitrogens is 3. The highest BCUT2D eigenvalue weighted by Gasteiger charge is 2.19. The van der Waals surface area contributed by atoms with Crippen molar-refractivity contribution in [2.45, 2.75) is 25.2 Å². The molecule has 1 N–H and O–H groups in total. The van der Waals surface area contributed by atoms with Gasteiger partial charge in [-0.1, -0.05) is 6.07 Å². The minimum atomic E-state index is 0.420. The summed E-state index contributed by atoms with van der Waals surface area (Å²) in [6, 6.07) is 6.13. The molecule has 5 nitrogen and oxygen atoms in total. The molecular weight excluding hydrogens is 264 g/mol. The standard InChI is InChI=1S/C16H20N4O/c1-3-13(10-17-6-1)4-2-7-18-16-9-15(19-12-20-16)14-5-8-21-11-14/h1,3,6,9-10,12,14H,2,4-5,7-8,11H2,(H,18,19,20)/t14-/m0/s1. The topological polar surface area (TPSA) is 59.9 Å². The zero-order valence-electron chi connectivity index (χ0n) is 12.0. The molecule has 0 aliphatic carbocycles. The van der Waals surface area contributed by atoms with Crippen LogP contribution < -0.4 is 5.32 Å². The molecule has 2 aromatic rings. The molecule has 5 heteroatoms. The molecule has 0 aromatic carbocycles. The van der Waals surface area contributed by atoms with Crippen LogP contribution in [0.15, 0.2) is 36.9 Å². The molecule has 1 aliphatic rings. The van der Waals surface area contributed by atoms with Crippen LogP contribution in [0.25, 0.3) is 0 Å². The van der Waals surface area contributed by atoms with E-state index in [0.29, 0.717) is 5.92 Å². The molecule has 2 aromatic heterocycles. The van der Waals surface area contributed by atoms with Crippen LogP contribution in [0, 0.1) is 0 Å². The van der Waals surface area contributed by atoms with Crippen LogP contribution in [0.1, 0.15) is 30.0 Å². The Hall–Kier alpha value is -2.01. The average Bonchev–Trinajstić information content (AvgIpc) is 3.07. The fourth-order valence-electron chi connectivity index (χ4n) is 2.52. The lowest BCUT2D eigenvalue weighted by Gasteiger charge is -2.09. The maximum Gasteiger partial charge on any atom is 0.129 e. The van der Waals surface area contributed by atoms with Crippen molar-refractivity contribution in [1.29, 1.82) is 0 Å². The van der Waals surface area contributed by atoms with E-state index in [1.54, 1.807) is 12.5 Å². The molecule has 0 unspecified atom stereocenters. The van der Waals surface area contributed by atoms with Gasteiger partial charge in [0, 0.05) is 37.5 Å². The van der Waals surface area contributed by atoms with Crippen LogP contribution in [-0.2, 0) is 11.2 Å². The highest BCUT2D eigenvalue weighted by atomic mass is 16.5. The van der Waals surface area contributed by atoms with Crippen LogP contribution in [0.2, 0.25) is 0 Å². The molecule has 1 fully saturated rings. The Morgan fingerprint density at radius 1 is 1.33 bits per heavy atom. The maximum absolute atomic E-state index is 5.41. The van der Waals surface area contributed by atoms with Crippen molar-refractivity contribution in [3.05, 3.63) is 48.2 Å². The Balaban J connectivity index is 1.48. The van der Waals surface area contributed by atoms with Crippen LogP contribution in [0.3, 0.4) is 0 Å². The monoisotopic (exact) mass is 284 g/mol. The molecule has 0 spiro atoms. The normalized spacial score (nSPS) is 17.8. The molecule has 110 valence electrons. The first kappa shape index (κ1) is 13.9. The lowest BCUT2D eigenvalue weighted by Crippen LogP contribution is -2.07. The third kappa shape index (κ3) is 3.98. The Bertz CT molecular complexity index is 555. The SMILES string of the molecule is c1cncc(CCCNc2cc([C@H]3CCOC3)ncn2)c1. The van der Waals surface area contributed by atoms with Crippen molar-refractivity contribution in [3.8, 4) is 0 Å². The fraction of sp³-hybridized carbons (Fsp3) is 0.438. The summed E-state index contributed by atoms with van der Waals surface area (Å²) < 4.78 is 5.41. The minimum absolute atomic E-state index is 0.420. The van der Waals surface area contributed by atoms with E-state index >= 15 is 0 Å². The predicted octanol–water partition coefficient (Wildman–Crippen LogP) is 2.42. The summed E-state index contributed by atoms with van der Waals surface area (Å²) in [6.07, 6.45) is 8.49. The van der Waals surface area contributed by atoms with Gasteiger partial charge in [-0.2, -0.15) is 0 Å².